The second kappa shape index (κ2) is 20.8. The van der Waals surface area contributed by atoms with E-state index in [0.717, 1.165) is 6.92 Å². The van der Waals surface area contributed by atoms with Gasteiger partial charge in [0.25, 0.3) is 0 Å². The molecule has 0 bridgehead atoms. The number of nitrogens with one attached hydrogen (secondary N) is 5. The van der Waals surface area contributed by atoms with E-state index in [1.807, 2.05) is 5.32 Å². The maximum atomic E-state index is 13.4. The van der Waals surface area contributed by atoms with Gasteiger partial charge < -0.3 is 63.0 Å². The van der Waals surface area contributed by atoms with E-state index in [1.165, 1.54) is 31.2 Å². The van der Waals surface area contributed by atoms with Gasteiger partial charge in [0, 0.05) is 12.8 Å². The monoisotopic (exact) mass is 760 g/mol. The smallest absolute Gasteiger partial charge is 0.326 e. The molecule has 0 aliphatic heterocycles. The summed E-state index contributed by atoms with van der Waals surface area (Å²) in [7, 11) is 0. The number of aromatic hydroxyl groups is 1. The number of hydrogen-bond donors (Lipinski definition) is 12. The molecule has 294 valence electrons. The van der Waals surface area contributed by atoms with Gasteiger partial charge in [-0.3, -0.25) is 33.6 Å². The third kappa shape index (κ3) is 14.5. The van der Waals surface area contributed by atoms with Gasteiger partial charge in [-0.05, 0) is 37.1 Å². The second-order valence-corrected chi connectivity index (χ2v) is 12.3. The summed E-state index contributed by atoms with van der Waals surface area (Å²) in [6.07, 6.45) is -5.69. The van der Waals surface area contributed by atoms with Crippen LogP contribution in [0.5, 0.6) is 5.75 Å². The first-order valence-corrected chi connectivity index (χ1v) is 16.4. The fourth-order valence-corrected chi connectivity index (χ4v) is 4.85. The van der Waals surface area contributed by atoms with Crippen LogP contribution in [-0.4, -0.2) is 127 Å². The van der Waals surface area contributed by atoms with E-state index in [1.54, 1.807) is 30.3 Å². The van der Waals surface area contributed by atoms with Crippen LogP contribution in [0.1, 0.15) is 37.8 Å². The summed E-state index contributed by atoms with van der Waals surface area (Å²) in [5.74, 6) is -10.8. The fraction of sp³-hybridized carbons (Fsp3) is 0.412. The topological polar surface area (TPSA) is 344 Å². The number of carbonyl (C=O) groups is 8. The van der Waals surface area contributed by atoms with E-state index in [9.17, 15) is 69.0 Å². The lowest BCUT2D eigenvalue weighted by molar-refractivity contribution is -0.145. The normalized spacial score (nSPS) is 15.4. The van der Waals surface area contributed by atoms with Crippen LogP contribution in [0.15, 0.2) is 54.6 Å². The quantitative estimate of drug-likeness (QED) is 0.0594. The number of rotatable bonds is 21. The summed E-state index contributed by atoms with van der Waals surface area (Å²) in [6.45, 7) is 2.33. The number of phenolic OH excluding ortho intramolecular Hbond substituents is 1. The Labute approximate surface area is 308 Å². The van der Waals surface area contributed by atoms with E-state index in [2.05, 4.69) is 21.3 Å². The molecule has 2 aromatic rings. The van der Waals surface area contributed by atoms with E-state index < -0.39 is 109 Å². The number of aliphatic carboxylic acids is 3. The number of carboxylic acids is 3. The predicted molar refractivity (Wildman–Crippen MR) is 185 cm³/mol. The number of phenols is 1. The lowest BCUT2D eigenvalue weighted by Crippen LogP contribution is -2.62. The summed E-state index contributed by atoms with van der Waals surface area (Å²) >= 11 is 0. The molecule has 0 aliphatic rings. The minimum Gasteiger partial charge on any atom is -0.508 e. The number of benzene rings is 2. The van der Waals surface area contributed by atoms with Crippen molar-refractivity contribution in [2.75, 3.05) is 0 Å². The van der Waals surface area contributed by atoms with Crippen LogP contribution in [0.4, 0.5) is 0 Å². The van der Waals surface area contributed by atoms with Gasteiger partial charge in [-0.2, -0.15) is 0 Å². The highest BCUT2D eigenvalue weighted by atomic mass is 16.4. The van der Waals surface area contributed by atoms with Gasteiger partial charge >= 0.3 is 17.9 Å². The van der Waals surface area contributed by atoms with Crippen LogP contribution in [0, 0.1) is 0 Å². The average Bonchev–Trinajstić information content (AvgIpc) is 3.09. The molecule has 0 saturated carbocycles. The molecule has 0 saturated heterocycles. The van der Waals surface area contributed by atoms with E-state index in [4.69, 9.17) is 5.73 Å². The molecule has 2 rings (SSSR count). The third-order valence-electron chi connectivity index (χ3n) is 7.81. The first-order valence-electron chi connectivity index (χ1n) is 16.4. The molecular weight excluding hydrogens is 716 g/mol. The first kappa shape index (κ1) is 44.0. The molecule has 0 radical (unpaired) electrons. The van der Waals surface area contributed by atoms with Gasteiger partial charge in [-0.1, -0.05) is 42.5 Å². The Balaban J connectivity index is 2.28. The minimum atomic E-state index is -2.03. The van der Waals surface area contributed by atoms with Gasteiger partial charge in [0.1, 0.15) is 42.0 Å². The fourth-order valence-electron chi connectivity index (χ4n) is 4.85. The number of amides is 5. The number of aliphatic hydroxyl groups is 2. The van der Waals surface area contributed by atoms with Crippen LogP contribution in [0.25, 0.3) is 0 Å². The van der Waals surface area contributed by atoms with Crippen molar-refractivity contribution in [3.8, 4) is 5.75 Å². The van der Waals surface area contributed by atoms with Crippen molar-refractivity contribution in [3.05, 3.63) is 65.7 Å². The van der Waals surface area contributed by atoms with Gasteiger partial charge in [0.05, 0.1) is 25.0 Å². The van der Waals surface area contributed by atoms with Gasteiger partial charge in [0.2, 0.25) is 29.5 Å². The molecule has 20 nitrogen and oxygen atoms in total. The van der Waals surface area contributed by atoms with Crippen molar-refractivity contribution in [1.82, 2.24) is 26.6 Å². The van der Waals surface area contributed by atoms with Crippen molar-refractivity contribution in [2.24, 2.45) is 5.73 Å². The van der Waals surface area contributed by atoms with Crippen molar-refractivity contribution in [2.45, 2.75) is 88.0 Å². The summed E-state index contributed by atoms with van der Waals surface area (Å²) in [6, 6.07) is 3.16. The van der Waals surface area contributed by atoms with Crippen LogP contribution < -0.4 is 32.3 Å². The Bertz CT molecular complexity index is 1650. The van der Waals surface area contributed by atoms with E-state index >= 15 is 0 Å². The van der Waals surface area contributed by atoms with Crippen molar-refractivity contribution in [1.29, 1.82) is 0 Å². The Kier molecular flexibility index (Phi) is 17.0. The number of carboxylic acid groups (broad SMARTS) is 3. The Morgan fingerprint density at radius 1 is 0.556 bits per heavy atom. The molecule has 5 amide bonds. The SMILES string of the molecule is C[C@@H](O)[C@H](N)C(=O)N[C@@H](Cc1ccccc1)C(=O)N[C@H](C(=O)N[C@@H](CC(=O)O)C(=O)N[C@@H](CC(=O)O)C(=O)N[C@@H](Cc1ccc(O)cc1)C(=O)O)[C@@H](C)O. The molecule has 0 aromatic heterocycles. The molecule has 8 atom stereocenters. The molecule has 0 aliphatic carbocycles. The molecule has 2 aromatic carbocycles. The molecule has 0 fully saturated rings. The van der Waals surface area contributed by atoms with Crippen molar-refractivity contribution >= 4 is 47.4 Å². The number of nitrogens with two attached hydrogens (primary N) is 1. The molecule has 0 spiro atoms. The summed E-state index contributed by atoms with van der Waals surface area (Å²) < 4.78 is 0. The highest BCUT2D eigenvalue weighted by Crippen LogP contribution is 2.12. The Morgan fingerprint density at radius 3 is 1.44 bits per heavy atom. The largest absolute Gasteiger partial charge is 0.508 e. The van der Waals surface area contributed by atoms with Crippen LogP contribution in [0.2, 0.25) is 0 Å². The molecule has 54 heavy (non-hydrogen) atoms. The van der Waals surface area contributed by atoms with E-state index in [-0.39, 0.29) is 18.6 Å². The zero-order chi connectivity index (χ0) is 40.7. The van der Waals surface area contributed by atoms with Gasteiger partial charge in [-0.15, -0.1) is 0 Å². The molecular formula is C34H44N6O14. The molecule has 13 N–H and O–H groups in total. The maximum absolute atomic E-state index is 13.4. The lowest BCUT2D eigenvalue weighted by Gasteiger charge is -2.28. The Hall–Kier alpha value is -6.12. The van der Waals surface area contributed by atoms with E-state index in [0.29, 0.717) is 11.1 Å². The molecule has 0 unspecified atom stereocenters. The second-order valence-electron chi connectivity index (χ2n) is 12.3. The predicted octanol–water partition coefficient (Wildman–Crippen LogP) is -3.28. The summed E-state index contributed by atoms with van der Waals surface area (Å²) in [5.41, 5.74) is 6.61. The van der Waals surface area contributed by atoms with Crippen molar-refractivity contribution in [3.63, 3.8) is 0 Å². The first-order chi connectivity index (χ1) is 25.3. The lowest BCUT2D eigenvalue weighted by atomic mass is 10.0. The molecule has 0 heterocycles. The zero-order valence-electron chi connectivity index (χ0n) is 29.2. The Morgan fingerprint density at radius 2 is 0.981 bits per heavy atom. The number of aliphatic hydroxyl groups excluding tert-OH is 2. The zero-order valence-corrected chi connectivity index (χ0v) is 29.2. The highest BCUT2D eigenvalue weighted by Gasteiger charge is 2.36. The van der Waals surface area contributed by atoms with Crippen LogP contribution in [-0.2, 0) is 51.2 Å². The summed E-state index contributed by atoms with van der Waals surface area (Å²) in [4.78, 5) is 101. The maximum Gasteiger partial charge on any atom is 0.326 e. The average molecular weight is 761 g/mol. The van der Waals surface area contributed by atoms with Crippen LogP contribution in [0.3, 0.4) is 0 Å². The van der Waals surface area contributed by atoms with Crippen LogP contribution >= 0.6 is 0 Å². The van der Waals surface area contributed by atoms with Gasteiger partial charge in [-0.25, -0.2) is 4.79 Å². The number of hydrogen-bond acceptors (Lipinski definition) is 12. The minimum absolute atomic E-state index is 0.112. The van der Waals surface area contributed by atoms with Crippen molar-refractivity contribution < 1.29 is 69.0 Å². The third-order valence-corrected chi connectivity index (χ3v) is 7.81. The molecule has 20 heteroatoms. The number of carbonyl (C=O) groups excluding carboxylic acids is 5. The standard InChI is InChI=1S/C34H44N6O14/c1-16(41)27(35)32(51)37-21(12-18-6-4-3-5-7-18)31(50)40-28(17(2)42)33(52)38-23(15-26(46)47)29(48)36-22(14-25(44)45)30(49)39-24(34(53)54)13-19-8-10-20(43)11-9-19/h3-11,16-17,21-24,27-28,41-43H,12-15,35H2,1-2H3,(H,36,48)(H,37,51)(H,38,52)(H,39,49)(H,40,50)(H,44,45)(H,46,47)(H,53,54)/t16-,17-,21+,22+,23+,24+,27+,28+/m1/s1. The summed E-state index contributed by atoms with van der Waals surface area (Å²) in [5, 5.41) is 68.9. The highest BCUT2D eigenvalue weighted by molar-refractivity contribution is 5.98. The van der Waals surface area contributed by atoms with Gasteiger partial charge in [0.15, 0.2) is 0 Å².